The van der Waals surface area contributed by atoms with Crippen LogP contribution in [0.2, 0.25) is 0 Å². The van der Waals surface area contributed by atoms with Gasteiger partial charge in [0.25, 0.3) is 11.8 Å². The lowest BCUT2D eigenvalue weighted by Crippen LogP contribution is -2.44. The van der Waals surface area contributed by atoms with Crippen LogP contribution in [0.25, 0.3) is 11.0 Å². The fourth-order valence-corrected chi connectivity index (χ4v) is 5.52. The van der Waals surface area contributed by atoms with Gasteiger partial charge in [-0.3, -0.25) is 14.4 Å². The Labute approximate surface area is 193 Å². The van der Waals surface area contributed by atoms with Gasteiger partial charge in [0, 0.05) is 43.0 Å². The molecule has 10 nitrogen and oxygen atoms in total. The first-order valence-electron chi connectivity index (χ1n) is 11.0. The molecule has 0 aliphatic carbocycles. The predicted molar refractivity (Wildman–Crippen MR) is 120 cm³/mol. The summed E-state index contributed by atoms with van der Waals surface area (Å²) in [5, 5.41) is 10.3. The molecule has 1 aromatic carbocycles. The summed E-state index contributed by atoms with van der Waals surface area (Å²) in [5.74, 6) is -0.617. The minimum atomic E-state index is -0.356. The van der Waals surface area contributed by atoms with E-state index in [1.165, 1.54) is 11.3 Å². The molecule has 1 atom stereocenters. The highest BCUT2D eigenvalue weighted by molar-refractivity contribution is 7.09. The molecule has 0 bridgehead atoms. The highest BCUT2D eigenvalue weighted by atomic mass is 32.1. The van der Waals surface area contributed by atoms with Crippen molar-refractivity contribution in [1.82, 2.24) is 25.1 Å². The molecule has 2 aromatic heterocycles. The van der Waals surface area contributed by atoms with Gasteiger partial charge in [-0.2, -0.15) is 0 Å². The largest absolute Gasteiger partial charge is 0.369 e. The van der Waals surface area contributed by atoms with E-state index in [1.54, 1.807) is 28.5 Å². The van der Waals surface area contributed by atoms with Crippen molar-refractivity contribution in [2.45, 2.75) is 31.6 Å². The number of hydrogen-bond acceptors (Lipinski definition) is 8. The first-order valence-corrected chi connectivity index (χ1v) is 11.9. The number of thiazole rings is 1. The van der Waals surface area contributed by atoms with Gasteiger partial charge >= 0.3 is 0 Å². The Bertz CT molecular complexity index is 1200. The zero-order chi connectivity index (χ0) is 22.9. The number of nitrogens with zero attached hydrogens (tertiary/aromatic N) is 5. The van der Waals surface area contributed by atoms with Crippen LogP contribution in [0.1, 0.15) is 57.5 Å². The first kappa shape index (κ1) is 21.5. The molecule has 33 heavy (non-hydrogen) atoms. The summed E-state index contributed by atoms with van der Waals surface area (Å²) in [7, 11) is 0. The van der Waals surface area contributed by atoms with Gasteiger partial charge in [0.05, 0.1) is 10.9 Å². The molecule has 0 radical (unpaired) electrons. The maximum atomic E-state index is 12.9. The van der Waals surface area contributed by atoms with Crippen molar-refractivity contribution in [3.8, 4) is 0 Å². The molecule has 2 aliphatic rings. The Morgan fingerprint density at radius 3 is 2.58 bits per heavy atom. The van der Waals surface area contributed by atoms with Gasteiger partial charge in [-0.1, -0.05) is 0 Å². The third-order valence-corrected chi connectivity index (χ3v) is 7.49. The van der Waals surface area contributed by atoms with Crippen LogP contribution in [0.5, 0.6) is 0 Å². The number of aromatic nitrogens is 3. The molecule has 2 saturated heterocycles. The van der Waals surface area contributed by atoms with Gasteiger partial charge in [0.1, 0.15) is 16.7 Å². The molecule has 3 aromatic rings. The Balaban J connectivity index is 1.20. The second-order valence-electron chi connectivity index (χ2n) is 8.60. The van der Waals surface area contributed by atoms with Gasteiger partial charge in [0.15, 0.2) is 0 Å². The highest BCUT2D eigenvalue weighted by Crippen LogP contribution is 2.31. The van der Waals surface area contributed by atoms with Gasteiger partial charge in [-0.25, -0.2) is 9.61 Å². The number of rotatable bonds is 4. The van der Waals surface area contributed by atoms with Crippen LogP contribution >= 0.6 is 11.3 Å². The van der Waals surface area contributed by atoms with E-state index >= 15 is 0 Å². The molecule has 3 amide bonds. The van der Waals surface area contributed by atoms with Gasteiger partial charge in [0.2, 0.25) is 5.91 Å². The summed E-state index contributed by atoms with van der Waals surface area (Å²) >= 11 is 1.48. The standard InChI is InChI=1S/C22H24N6O4S/c23-19(29)15-2-1-7-28(11-15)22(31)18-12-33-20(24-18)13-5-8-27(9-6-13)21(30)14-3-4-16-17(10-14)26-32-25-16/h3-4,10,12-13,15H,1-2,5-9,11H2,(H2,23,29). The number of likely N-dealkylation sites (tertiary alicyclic amines) is 2. The summed E-state index contributed by atoms with van der Waals surface area (Å²) in [5.41, 5.74) is 7.60. The van der Waals surface area contributed by atoms with Crippen LogP contribution in [0.4, 0.5) is 0 Å². The number of nitrogens with two attached hydrogens (primary N) is 1. The molecule has 5 rings (SSSR count). The quantitative estimate of drug-likeness (QED) is 0.619. The first-order chi connectivity index (χ1) is 16.0. The van der Waals surface area contributed by atoms with Crippen molar-refractivity contribution in [2.75, 3.05) is 26.2 Å². The van der Waals surface area contributed by atoms with Crippen LogP contribution < -0.4 is 5.73 Å². The van der Waals surface area contributed by atoms with Crippen LogP contribution in [0, 0.1) is 5.92 Å². The van der Waals surface area contributed by atoms with Gasteiger partial charge in [-0.15, -0.1) is 11.3 Å². The van der Waals surface area contributed by atoms with E-state index in [4.69, 9.17) is 10.4 Å². The van der Waals surface area contributed by atoms with E-state index in [-0.39, 0.29) is 29.6 Å². The molecular weight excluding hydrogens is 444 g/mol. The number of carbonyl (C=O) groups excluding carboxylic acids is 3. The van der Waals surface area contributed by atoms with Gasteiger partial charge < -0.3 is 15.5 Å². The Morgan fingerprint density at radius 2 is 1.79 bits per heavy atom. The van der Waals surface area contributed by atoms with Crippen molar-refractivity contribution < 1.29 is 19.0 Å². The molecule has 0 saturated carbocycles. The SMILES string of the molecule is NC(=O)C1CCCN(C(=O)c2csc(C3CCN(C(=O)c4ccc5nonc5c4)CC3)n2)C1. The lowest BCUT2D eigenvalue weighted by molar-refractivity contribution is -0.123. The Hall–Kier alpha value is -3.34. The minimum Gasteiger partial charge on any atom is -0.369 e. The second-order valence-corrected chi connectivity index (χ2v) is 9.49. The summed E-state index contributed by atoms with van der Waals surface area (Å²) in [4.78, 5) is 45.4. The summed E-state index contributed by atoms with van der Waals surface area (Å²) < 4.78 is 4.70. The van der Waals surface area contributed by atoms with Crippen molar-refractivity contribution in [2.24, 2.45) is 11.7 Å². The fourth-order valence-electron chi connectivity index (χ4n) is 4.56. The van der Waals surface area contributed by atoms with Crippen LogP contribution in [-0.2, 0) is 4.79 Å². The predicted octanol–water partition coefficient (Wildman–Crippen LogP) is 2.04. The average Bonchev–Trinajstić information content (AvgIpc) is 3.53. The Morgan fingerprint density at radius 1 is 1.00 bits per heavy atom. The average molecular weight is 469 g/mol. The number of hydrogen-bond donors (Lipinski definition) is 1. The summed E-state index contributed by atoms with van der Waals surface area (Å²) in [6.45, 7) is 2.21. The molecule has 2 fully saturated rings. The third-order valence-electron chi connectivity index (χ3n) is 6.48. The summed E-state index contributed by atoms with van der Waals surface area (Å²) in [6.07, 6.45) is 3.06. The van der Waals surface area contributed by atoms with E-state index in [9.17, 15) is 14.4 Å². The number of piperidine rings is 2. The van der Waals surface area contributed by atoms with E-state index < -0.39 is 0 Å². The maximum absolute atomic E-state index is 12.9. The maximum Gasteiger partial charge on any atom is 0.273 e. The van der Waals surface area contributed by atoms with Gasteiger partial charge in [-0.05, 0) is 54.2 Å². The van der Waals surface area contributed by atoms with Crippen molar-refractivity contribution in [3.63, 3.8) is 0 Å². The topological polar surface area (TPSA) is 136 Å². The lowest BCUT2D eigenvalue weighted by Gasteiger charge is -2.31. The monoisotopic (exact) mass is 468 g/mol. The molecule has 2 N–H and O–H groups in total. The van der Waals surface area contributed by atoms with Crippen molar-refractivity contribution in [1.29, 1.82) is 0 Å². The van der Waals surface area contributed by atoms with Crippen molar-refractivity contribution >= 4 is 40.1 Å². The van der Waals surface area contributed by atoms with E-state index in [2.05, 4.69) is 15.3 Å². The normalized spacial score (nSPS) is 19.7. The zero-order valence-corrected chi connectivity index (χ0v) is 18.8. The molecular formula is C22H24N6O4S. The molecule has 2 aliphatic heterocycles. The highest BCUT2D eigenvalue weighted by Gasteiger charge is 2.30. The fraction of sp³-hybridized carbons (Fsp3) is 0.455. The zero-order valence-electron chi connectivity index (χ0n) is 18.0. The lowest BCUT2D eigenvalue weighted by atomic mass is 9.96. The Kier molecular flexibility index (Phi) is 5.79. The van der Waals surface area contributed by atoms with E-state index in [1.807, 2.05) is 4.90 Å². The van der Waals surface area contributed by atoms with Crippen LogP contribution in [-0.4, -0.2) is 69.0 Å². The number of primary amides is 1. The van der Waals surface area contributed by atoms with Crippen molar-refractivity contribution in [3.05, 3.63) is 39.8 Å². The number of amides is 3. The van der Waals surface area contributed by atoms with E-state index in [0.717, 1.165) is 30.7 Å². The smallest absolute Gasteiger partial charge is 0.273 e. The minimum absolute atomic E-state index is 0.0394. The third kappa shape index (κ3) is 4.32. The number of carbonyl (C=O) groups is 3. The molecule has 1 unspecified atom stereocenters. The van der Waals surface area contributed by atoms with Crippen LogP contribution in [0.15, 0.2) is 28.2 Å². The van der Waals surface area contributed by atoms with E-state index in [0.29, 0.717) is 48.5 Å². The second kappa shape index (κ2) is 8.89. The number of fused-ring (bicyclic) bond motifs is 1. The molecule has 11 heteroatoms. The number of benzene rings is 1. The molecule has 172 valence electrons. The van der Waals surface area contributed by atoms with Crippen LogP contribution in [0.3, 0.4) is 0 Å². The molecule has 4 heterocycles. The summed E-state index contributed by atoms with van der Waals surface area (Å²) in [6, 6.07) is 5.17. The molecule has 0 spiro atoms.